The van der Waals surface area contributed by atoms with E-state index in [0.717, 1.165) is 11.4 Å². The molecule has 0 radical (unpaired) electrons. The van der Waals surface area contributed by atoms with Crippen molar-refractivity contribution in [3.8, 4) is 0 Å². The fourth-order valence-electron chi connectivity index (χ4n) is 6.17. The molecule has 3 aromatic heterocycles. The molecule has 0 unspecified atom stereocenters. The third-order valence-corrected chi connectivity index (χ3v) is 12.2. The van der Waals surface area contributed by atoms with Gasteiger partial charge in [-0.15, -0.1) is 11.3 Å². The largest absolute Gasteiger partial charge is 0.453 e. The van der Waals surface area contributed by atoms with E-state index in [2.05, 4.69) is 15.4 Å². The predicted octanol–water partition coefficient (Wildman–Crippen LogP) is 7.11. The number of hydrogen-bond acceptors (Lipinski definition) is 9. The van der Waals surface area contributed by atoms with Crippen LogP contribution in [0.5, 0.6) is 0 Å². The second-order valence-corrected chi connectivity index (χ2v) is 17.0. The van der Waals surface area contributed by atoms with Gasteiger partial charge in [-0.3, -0.25) is 4.79 Å². The Hall–Kier alpha value is -4.64. The van der Waals surface area contributed by atoms with Crippen LogP contribution in [0, 0.1) is 5.41 Å². The number of hydrogen-bond donors (Lipinski definition) is 2. The fraction of sp³-hybridized carbons (Fsp3) is 0.368. The number of sulfonamides is 1. The molecule has 11 nitrogen and oxygen atoms in total. The number of carbonyl (C=O) groups is 2. The summed E-state index contributed by atoms with van der Waals surface area (Å²) in [7, 11) is -3.24. The number of amides is 1. The molecule has 0 saturated carbocycles. The number of methoxy groups -OCH3 is 1. The van der Waals surface area contributed by atoms with Gasteiger partial charge in [0.2, 0.25) is 10.0 Å². The molecule has 0 spiro atoms. The van der Waals surface area contributed by atoms with Crippen molar-refractivity contribution < 1.29 is 41.0 Å². The van der Waals surface area contributed by atoms with E-state index >= 15 is 0 Å². The van der Waals surface area contributed by atoms with Gasteiger partial charge in [0.15, 0.2) is 11.4 Å². The number of benzene rings is 2. The minimum atomic E-state index is -4.91. The van der Waals surface area contributed by atoms with E-state index in [1.165, 1.54) is 41.3 Å². The number of alkyl halides is 3. The highest BCUT2D eigenvalue weighted by atomic mass is 32.2. The Morgan fingerprint density at radius 1 is 0.944 bits per heavy atom. The van der Waals surface area contributed by atoms with Gasteiger partial charge < -0.3 is 15.2 Å². The minimum absolute atomic E-state index is 0.0535. The maximum Gasteiger partial charge on any atom is 0.407 e. The first-order valence-electron chi connectivity index (χ1n) is 17.1. The van der Waals surface area contributed by atoms with E-state index in [0.29, 0.717) is 34.5 Å². The molecule has 0 saturated heterocycles. The lowest BCUT2D eigenvalue weighted by atomic mass is 9.81. The molecule has 1 amide bonds. The molecule has 2 N–H and O–H groups in total. The zero-order valence-electron chi connectivity index (χ0n) is 30.1. The number of aliphatic hydroxyl groups excluding tert-OH is 1. The number of nitrogens with zero attached hydrogens (tertiary/aromatic N) is 4. The first kappa shape index (κ1) is 40.5. The number of carbonyl (C=O) groups excluding carboxylic acids is 2. The molecule has 5 rings (SSSR count). The molecule has 2 aromatic carbocycles. The van der Waals surface area contributed by atoms with Crippen molar-refractivity contribution >= 4 is 38.9 Å². The van der Waals surface area contributed by atoms with Crippen LogP contribution >= 0.6 is 11.3 Å². The summed E-state index contributed by atoms with van der Waals surface area (Å²) in [5.74, 6) is -4.07. The lowest BCUT2D eigenvalue weighted by molar-refractivity contribution is -0.156. The summed E-state index contributed by atoms with van der Waals surface area (Å²) in [5.41, 5.74) is 1.25. The number of pyridine rings is 1. The van der Waals surface area contributed by atoms with Gasteiger partial charge in [-0.2, -0.15) is 22.6 Å². The second kappa shape index (κ2) is 16.8. The monoisotopic (exact) mass is 785 g/mol. The van der Waals surface area contributed by atoms with E-state index < -0.39 is 65.0 Å². The summed E-state index contributed by atoms with van der Waals surface area (Å²) in [5, 5.41) is 17.2. The molecule has 0 fully saturated rings. The molecule has 0 aliphatic heterocycles. The molecule has 288 valence electrons. The van der Waals surface area contributed by atoms with Gasteiger partial charge in [-0.25, -0.2) is 22.7 Å². The predicted molar refractivity (Wildman–Crippen MR) is 198 cm³/mol. The van der Waals surface area contributed by atoms with Crippen molar-refractivity contribution in [2.75, 3.05) is 20.3 Å². The fourth-order valence-corrected chi connectivity index (χ4v) is 9.07. The van der Waals surface area contributed by atoms with Crippen LogP contribution in [-0.4, -0.2) is 76.8 Å². The average molecular weight is 786 g/mol. The zero-order chi connectivity index (χ0) is 39.3. The number of fused-ring (bicyclic) bond motifs is 1. The molecule has 0 bridgehead atoms. The van der Waals surface area contributed by atoms with Crippen LogP contribution in [0.3, 0.4) is 0 Å². The third kappa shape index (κ3) is 9.53. The van der Waals surface area contributed by atoms with Crippen molar-refractivity contribution in [3.63, 3.8) is 0 Å². The summed E-state index contributed by atoms with van der Waals surface area (Å²) < 4.78 is 80.6. The number of ketones is 1. The average Bonchev–Trinajstić information content (AvgIpc) is 3.81. The molecule has 5 aromatic rings. The normalized spacial score (nSPS) is 14.3. The third-order valence-electron chi connectivity index (χ3n) is 9.03. The molecular formula is C38H42F3N5O6S2. The number of aliphatic hydroxyl groups is 1. The van der Waals surface area contributed by atoms with Gasteiger partial charge in [0, 0.05) is 28.6 Å². The van der Waals surface area contributed by atoms with Crippen LogP contribution in [0.15, 0.2) is 102 Å². The van der Waals surface area contributed by atoms with Gasteiger partial charge in [0.05, 0.1) is 31.9 Å². The molecule has 16 heteroatoms. The minimum Gasteiger partial charge on any atom is -0.453 e. The maximum atomic E-state index is 15.0. The van der Waals surface area contributed by atoms with Crippen LogP contribution in [0.1, 0.15) is 72.4 Å². The first-order chi connectivity index (χ1) is 25.5. The summed E-state index contributed by atoms with van der Waals surface area (Å²) >= 11 is 0.673. The standard InChI is InChI=1S/C38H42F3N5O6S2/c1-37(2,3)19-20-46(54(50,51)27-15-18-33-42-24-43-45(33)22-27)29(23-47)32-17-16-31(53-32)28(38(39,40)41)21-30(48)35(44-36(49)52-4)34(25-11-7-5-8-12-25)26-13-9-6-10-14-26/h5-18,22,24,28-29,34-35,47H,19-21,23H2,1-4H3,(H,44,49)/t28-,29-,35-/m1/s1. The van der Waals surface area contributed by atoms with Crippen molar-refractivity contribution in [2.45, 2.75) is 68.6 Å². The van der Waals surface area contributed by atoms with Crippen LogP contribution in [0.4, 0.5) is 18.0 Å². The summed E-state index contributed by atoms with van der Waals surface area (Å²) in [6, 6.07) is 20.0. The highest BCUT2D eigenvalue weighted by Crippen LogP contribution is 2.44. The van der Waals surface area contributed by atoms with Crippen LogP contribution in [0.2, 0.25) is 0 Å². The zero-order valence-corrected chi connectivity index (χ0v) is 31.7. The Labute approximate surface area is 315 Å². The number of alkyl carbamates (subject to hydrolysis) is 1. The second-order valence-electron chi connectivity index (χ2n) is 14.0. The lowest BCUT2D eigenvalue weighted by Crippen LogP contribution is -2.46. The van der Waals surface area contributed by atoms with E-state index in [1.807, 2.05) is 20.8 Å². The van der Waals surface area contributed by atoms with Crippen molar-refractivity contribution in [2.24, 2.45) is 5.41 Å². The van der Waals surface area contributed by atoms with E-state index in [1.54, 1.807) is 60.7 Å². The number of aromatic nitrogens is 3. The smallest absolute Gasteiger partial charge is 0.407 e. The topological polar surface area (TPSA) is 143 Å². The Bertz CT molecular complexity index is 2100. The first-order valence-corrected chi connectivity index (χ1v) is 19.3. The molecule has 0 aliphatic rings. The number of thiophene rings is 1. The number of halogens is 3. The van der Waals surface area contributed by atoms with Crippen LogP contribution in [0.25, 0.3) is 5.65 Å². The quantitative estimate of drug-likeness (QED) is 0.114. The highest BCUT2D eigenvalue weighted by molar-refractivity contribution is 7.89. The van der Waals surface area contributed by atoms with E-state index in [9.17, 15) is 36.3 Å². The van der Waals surface area contributed by atoms with E-state index in [-0.39, 0.29) is 26.6 Å². The van der Waals surface area contributed by atoms with Crippen molar-refractivity contribution in [1.82, 2.24) is 24.2 Å². The number of Topliss-reactive ketones (excluding diaryl/α,β-unsaturated/α-hetero) is 1. The summed E-state index contributed by atoms with van der Waals surface area (Å²) in [4.78, 5) is 30.5. The summed E-state index contributed by atoms with van der Waals surface area (Å²) in [6.07, 6.45) is -4.02. The van der Waals surface area contributed by atoms with E-state index in [4.69, 9.17) is 4.74 Å². The van der Waals surface area contributed by atoms with Gasteiger partial charge in [0.25, 0.3) is 0 Å². The van der Waals surface area contributed by atoms with Crippen molar-refractivity contribution in [3.05, 3.63) is 118 Å². The van der Waals surface area contributed by atoms with Gasteiger partial charge >= 0.3 is 12.3 Å². The lowest BCUT2D eigenvalue weighted by Gasteiger charge is -2.31. The SMILES string of the molecule is COC(=O)N[C@H](C(=O)C[C@H](c1ccc([C@@H](CO)N(CCC(C)(C)C)S(=O)(=O)c2ccc3ncnn3c2)s1)C(F)(F)F)C(c1ccccc1)c1ccccc1. The molecular weight excluding hydrogens is 744 g/mol. The van der Waals surface area contributed by atoms with Crippen LogP contribution < -0.4 is 5.32 Å². The number of ether oxygens (including phenoxy) is 1. The van der Waals surface area contributed by atoms with Gasteiger partial charge in [-0.05, 0) is 47.2 Å². The number of rotatable bonds is 15. The molecule has 3 heterocycles. The maximum absolute atomic E-state index is 15.0. The van der Waals surface area contributed by atoms with Gasteiger partial charge in [0.1, 0.15) is 17.3 Å². The Morgan fingerprint density at radius 3 is 2.11 bits per heavy atom. The van der Waals surface area contributed by atoms with Gasteiger partial charge in [-0.1, -0.05) is 81.4 Å². The number of nitrogens with one attached hydrogen (secondary N) is 1. The molecule has 54 heavy (non-hydrogen) atoms. The Morgan fingerprint density at radius 2 is 1.56 bits per heavy atom. The Balaban J connectivity index is 1.52. The highest BCUT2D eigenvalue weighted by Gasteiger charge is 2.46. The van der Waals surface area contributed by atoms with Crippen molar-refractivity contribution in [1.29, 1.82) is 0 Å². The molecule has 0 aliphatic carbocycles. The summed E-state index contributed by atoms with van der Waals surface area (Å²) in [6.45, 7) is 4.98. The molecule has 3 atom stereocenters. The Kier molecular flexibility index (Phi) is 12.6. The van der Waals surface area contributed by atoms with Crippen LogP contribution in [-0.2, 0) is 19.6 Å².